The molecule has 1 rings (SSSR count). The molecule has 0 unspecified atom stereocenters. The molecule has 0 amide bonds. The van der Waals surface area contributed by atoms with Gasteiger partial charge in [0.15, 0.2) is 12.4 Å². The second-order valence-corrected chi connectivity index (χ2v) is 16.6. The normalized spacial score (nSPS) is 11.6. The van der Waals surface area contributed by atoms with E-state index in [9.17, 15) is 0 Å². The van der Waals surface area contributed by atoms with Crippen molar-refractivity contribution in [3.63, 3.8) is 0 Å². The maximum Gasteiger partial charge on any atom is 0.172 e. The Bertz CT molecular complexity index is 783. The van der Waals surface area contributed by atoms with Crippen LogP contribution in [0, 0.1) is 0 Å². The van der Waals surface area contributed by atoms with Gasteiger partial charge in [0.1, 0.15) is 6.54 Å². The first-order valence-corrected chi connectivity index (χ1v) is 23.8. The lowest BCUT2D eigenvalue weighted by Crippen LogP contribution is -2.33. The summed E-state index contributed by atoms with van der Waals surface area (Å²) in [6.45, 7) is 8.14. The van der Waals surface area contributed by atoms with Gasteiger partial charge in [-0.25, -0.2) is 4.57 Å². The molecule has 0 radical (unpaired) electrons. The molecule has 0 atom stereocenters. The number of pyridine rings is 1. The molecule has 0 aromatic carbocycles. The number of aryl methyl sites for hydroxylation is 3. The van der Waals surface area contributed by atoms with E-state index in [0.717, 1.165) is 0 Å². The molecule has 0 N–H and O–H groups in total. The van der Waals surface area contributed by atoms with E-state index in [1.165, 1.54) is 263 Å². The van der Waals surface area contributed by atoms with Crippen LogP contribution >= 0.6 is 0 Å². The van der Waals surface area contributed by atoms with Crippen molar-refractivity contribution in [2.45, 2.75) is 284 Å². The molecule has 0 spiro atoms. The quantitative estimate of drug-likeness (QED) is 0.0474. The van der Waals surface area contributed by atoms with Gasteiger partial charge in [-0.05, 0) is 37.7 Å². The van der Waals surface area contributed by atoms with Gasteiger partial charge >= 0.3 is 0 Å². The van der Waals surface area contributed by atoms with E-state index in [2.05, 4.69) is 43.8 Å². The topological polar surface area (TPSA) is 3.88 Å². The van der Waals surface area contributed by atoms with Gasteiger partial charge in [0.25, 0.3) is 0 Å². The third-order valence-corrected chi connectivity index (χ3v) is 11.6. The smallest absolute Gasteiger partial charge is 0.172 e. The zero-order valence-electron chi connectivity index (χ0n) is 35.2. The van der Waals surface area contributed by atoms with Crippen molar-refractivity contribution in [3.05, 3.63) is 29.6 Å². The van der Waals surface area contributed by atoms with Crippen LogP contribution in [-0.4, -0.2) is 0 Å². The number of nitrogens with zero attached hydrogens (tertiary/aromatic N) is 1. The first kappa shape index (κ1) is 47.2. The van der Waals surface area contributed by atoms with Crippen molar-refractivity contribution in [3.8, 4) is 0 Å². The van der Waals surface area contributed by atoms with E-state index in [0.29, 0.717) is 0 Å². The van der Waals surface area contributed by atoms with E-state index in [-0.39, 0.29) is 0 Å². The minimum atomic E-state index is 1.20. The summed E-state index contributed by atoms with van der Waals surface area (Å²) in [6, 6.07) is 2.50. The Balaban J connectivity index is 2.14. The molecule has 0 fully saturated rings. The maximum atomic E-state index is 2.54. The van der Waals surface area contributed by atoms with Gasteiger partial charge in [0.05, 0.1) is 0 Å². The fraction of sp³-hybridized carbons (Fsp3) is 0.898. The van der Waals surface area contributed by atoms with Gasteiger partial charge < -0.3 is 0 Å². The Morgan fingerprint density at radius 2 is 0.560 bits per heavy atom. The van der Waals surface area contributed by atoms with Crippen LogP contribution in [0.5, 0.6) is 0 Å². The third-order valence-electron chi connectivity index (χ3n) is 11.6. The Morgan fingerprint density at radius 1 is 0.300 bits per heavy atom. The van der Waals surface area contributed by atoms with Crippen molar-refractivity contribution in [1.29, 1.82) is 0 Å². The van der Waals surface area contributed by atoms with Crippen LogP contribution in [0.15, 0.2) is 18.5 Å². The van der Waals surface area contributed by atoms with Crippen LogP contribution < -0.4 is 4.57 Å². The molecule has 0 aliphatic rings. The number of rotatable bonds is 41. The third kappa shape index (κ3) is 31.9. The van der Waals surface area contributed by atoms with Crippen LogP contribution in [0.1, 0.15) is 276 Å². The SMILES string of the molecule is CCCCCCCCCCCCCCCCCCCc1cc[n+](CCCCCC)cc1CCCCCCCCCCCCCCCCCCC. The summed E-state index contributed by atoms with van der Waals surface area (Å²) in [5, 5.41) is 0. The molecular weight excluding hydrogens is 603 g/mol. The molecule has 0 bridgehead atoms. The molecule has 50 heavy (non-hydrogen) atoms. The summed E-state index contributed by atoms with van der Waals surface area (Å²) in [5.41, 5.74) is 3.33. The highest BCUT2D eigenvalue weighted by Gasteiger charge is 2.10. The van der Waals surface area contributed by atoms with Crippen molar-refractivity contribution in [2.75, 3.05) is 0 Å². The number of aromatic nitrogens is 1. The second-order valence-electron chi connectivity index (χ2n) is 16.6. The number of hydrogen-bond acceptors (Lipinski definition) is 0. The van der Waals surface area contributed by atoms with Crippen molar-refractivity contribution < 1.29 is 4.57 Å². The Kier molecular flexibility index (Phi) is 37.1. The molecule has 0 aliphatic heterocycles. The van der Waals surface area contributed by atoms with E-state index < -0.39 is 0 Å². The van der Waals surface area contributed by atoms with Gasteiger partial charge in [-0.15, -0.1) is 0 Å². The first-order valence-electron chi connectivity index (χ1n) is 23.8. The van der Waals surface area contributed by atoms with E-state index in [4.69, 9.17) is 0 Å². The molecule has 0 aliphatic carbocycles. The van der Waals surface area contributed by atoms with Gasteiger partial charge in [-0.1, -0.05) is 239 Å². The largest absolute Gasteiger partial charge is 0.205 e. The molecule has 1 heteroatoms. The molecule has 1 nitrogen and oxygen atoms in total. The Labute approximate surface area is 317 Å². The van der Waals surface area contributed by atoms with Crippen LogP contribution in [0.3, 0.4) is 0 Å². The van der Waals surface area contributed by atoms with E-state index in [1.54, 1.807) is 11.1 Å². The zero-order valence-corrected chi connectivity index (χ0v) is 35.2. The summed E-state index contributed by atoms with van der Waals surface area (Å²) >= 11 is 0. The predicted octanol–water partition coefficient (Wildman–Crippen LogP) is 16.9. The summed E-state index contributed by atoms with van der Waals surface area (Å²) < 4.78 is 2.51. The van der Waals surface area contributed by atoms with Crippen molar-refractivity contribution in [2.24, 2.45) is 0 Å². The zero-order chi connectivity index (χ0) is 35.8. The minimum Gasteiger partial charge on any atom is -0.205 e. The van der Waals surface area contributed by atoms with Crippen molar-refractivity contribution in [1.82, 2.24) is 0 Å². The molecule has 1 aromatic heterocycles. The maximum absolute atomic E-state index is 2.54. The average molecular weight is 697 g/mol. The van der Waals surface area contributed by atoms with Gasteiger partial charge in [-0.2, -0.15) is 0 Å². The molecule has 0 saturated carbocycles. The lowest BCUT2D eigenvalue weighted by Gasteiger charge is -2.10. The number of unbranched alkanes of at least 4 members (excludes halogenated alkanes) is 35. The van der Waals surface area contributed by atoms with Crippen LogP contribution in [0.2, 0.25) is 0 Å². The fourth-order valence-electron chi connectivity index (χ4n) is 8.03. The number of hydrogen-bond donors (Lipinski definition) is 0. The highest BCUT2D eigenvalue weighted by Crippen LogP contribution is 2.19. The standard InChI is InChI=1S/C49H94N/c1-4-7-10-13-15-17-19-21-23-25-27-29-31-33-35-37-39-42-48-44-46-50(45-41-12-9-6-3)47-49(48)43-40-38-36-34-32-30-28-26-24-22-20-18-16-14-11-8-5-2/h44,46-47H,4-43,45H2,1-3H3/q+1. The highest BCUT2D eigenvalue weighted by molar-refractivity contribution is 5.21. The monoisotopic (exact) mass is 697 g/mol. The molecule has 1 heterocycles. The van der Waals surface area contributed by atoms with Gasteiger partial charge in [0.2, 0.25) is 0 Å². The van der Waals surface area contributed by atoms with Crippen molar-refractivity contribution >= 4 is 0 Å². The summed E-state index contributed by atoms with van der Waals surface area (Å²) in [7, 11) is 0. The Morgan fingerprint density at radius 3 is 0.880 bits per heavy atom. The second kappa shape index (κ2) is 39.4. The summed E-state index contributed by atoms with van der Waals surface area (Å²) in [6.07, 6.45) is 62.4. The first-order chi connectivity index (χ1) is 24.8. The lowest BCUT2D eigenvalue weighted by molar-refractivity contribution is -0.697. The van der Waals surface area contributed by atoms with Gasteiger partial charge in [0, 0.05) is 18.1 Å². The molecule has 294 valence electrons. The summed E-state index contributed by atoms with van der Waals surface area (Å²) in [4.78, 5) is 0. The average Bonchev–Trinajstić information content (AvgIpc) is 3.13. The van der Waals surface area contributed by atoms with Crippen LogP contribution in [0.25, 0.3) is 0 Å². The van der Waals surface area contributed by atoms with Gasteiger partial charge in [-0.3, -0.25) is 0 Å². The Hall–Kier alpha value is -0.850. The summed E-state index contributed by atoms with van der Waals surface area (Å²) in [5.74, 6) is 0. The van der Waals surface area contributed by atoms with E-state index >= 15 is 0 Å². The molecular formula is C49H94N+. The highest BCUT2D eigenvalue weighted by atomic mass is 14.9. The fourth-order valence-corrected chi connectivity index (χ4v) is 8.03. The lowest BCUT2D eigenvalue weighted by atomic mass is 9.97. The van der Waals surface area contributed by atoms with Crippen LogP contribution in [0.4, 0.5) is 0 Å². The molecule has 1 aromatic rings. The van der Waals surface area contributed by atoms with Crippen LogP contribution in [-0.2, 0) is 19.4 Å². The minimum absolute atomic E-state index is 1.20. The van der Waals surface area contributed by atoms with E-state index in [1.807, 2.05) is 0 Å². The molecule has 0 saturated heterocycles. The predicted molar refractivity (Wildman–Crippen MR) is 227 cm³/mol.